The number of carbonyl (C=O) groups is 2. The number of fused-ring (bicyclic) bond motifs is 1. The van der Waals surface area contributed by atoms with Crippen LogP contribution in [0.1, 0.15) is 19.8 Å². The number of nitrogens with zero attached hydrogens (tertiary/aromatic N) is 1. The molecule has 1 saturated heterocycles. The number of amides is 2. The van der Waals surface area contributed by atoms with Crippen LogP contribution < -0.4 is 5.32 Å². The van der Waals surface area contributed by atoms with Crippen molar-refractivity contribution in [2.24, 2.45) is 5.92 Å². The summed E-state index contributed by atoms with van der Waals surface area (Å²) >= 11 is 0. The van der Waals surface area contributed by atoms with Gasteiger partial charge >= 0.3 is 0 Å². The average Bonchev–Trinajstić information content (AvgIpc) is 2.80. The highest BCUT2D eigenvalue weighted by Gasteiger charge is 2.44. The molecule has 0 spiro atoms. The maximum absolute atomic E-state index is 12.1. The van der Waals surface area contributed by atoms with E-state index in [1.54, 1.807) is 7.11 Å². The van der Waals surface area contributed by atoms with Gasteiger partial charge in [0.15, 0.2) is 0 Å². The minimum atomic E-state index is -0.179. The van der Waals surface area contributed by atoms with Gasteiger partial charge in [-0.15, -0.1) is 0 Å². The van der Waals surface area contributed by atoms with Crippen LogP contribution in [0, 0.1) is 5.92 Å². The summed E-state index contributed by atoms with van der Waals surface area (Å²) in [7, 11) is 1.69. The molecule has 0 aromatic heterocycles. The lowest BCUT2D eigenvalue weighted by Gasteiger charge is -2.39. The number of morpholine rings is 1. The summed E-state index contributed by atoms with van der Waals surface area (Å²) in [6.07, 6.45) is 2.05. The number of methoxy groups -OCH3 is 1. The second kappa shape index (κ2) is 6.34. The molecule has 3 atom stereocenters. The highest BCUT2D eigenvalue weighted by Crippen LogP contribution is 2.34. The number of nitrogens with one attached hydrogen (secondary N) is 1. The quantitative estimate of drug-likeness (QED) is 0.766. The zero-order valence-electron chi connectivity index (χ0n) is 11.6. The van der Waals surface area contributed by atoms with Crippen molar-refractivity contribution in [3.8, 4) is 0 Å². The molecule has 0 unspecified atom stereocenters. The minimum absolute atomic E-state index is 0.0217. The molecule has 19 heavy (non-hydrogen) atoms. The Bertz CT molecular complexity index is 348. The summed E-state index contributed by atoms with van der Waals surface area (Å²) in [6, 6.07) is 0.134. The zero-order valence-corrected chi connectivity index (χ0v) is 11.6. The van der Waals surface area contributed by atoms with E-state index in [0.717, 1.165) is 12.8 Å². The summed E-state index contributed by atoms with van der Waals surface area (Å²) in [6.45, 7) is 3.34. The van der Waals surface area contributed by atoms with Crippen molar-refractivity contribution in [2.45, 2.75) is 31.9 Å². The highest BCUT2D eigenvalue weighted by molar-refractivity contribution is 5.84. The van der Waals surface area contributed by atoms with Gasteiger partial charge in [0, 0.05) is 26.5 Å². The SMILES string of the molecule is COC[C@@H]1CC[C@H]2[C@H]1OCCN2C(=O)CNC(C)=O. The molecule has 1 saturated carbocycles. The van der Waals surface area contributed by atoms with Crippen LogP contribution in [0.2, 0.25) is 0 Å². The second-order valence-corrected chi connectivity index (χ2v) is 5.19. The van der Waals surface area contributed by atoms with Gasteiger partial charge in [0.1, 0.15) is 0 Å². The number of hydrogen-bond donors (Lipinski definition) is 1. The van der Waals surface area contributed by atoms with E-state index in [2.05, 4.69) is 5.32 Å². The molecule has 6 nitrogen and oxygen atoms in total. The summed E-state index contributed by atoms with van der Waals surface area (Å²) in [5, 5.41) is 2.56. The first-order valence-electron chi connectivity index (χ1n) is 6.78. The Kier molecular flexibility index (Phi) is 4.76. The van der Waals surface area contributed by atoms with Gasteiger partial charge in [-0.1, -0.05) is 0 Å². The lowest BCUT2D eigenvalue weighted by atomic mass is 10.0. The smallest absolute Gasteiger partial charge is 0.242 e. The lowest BCUT2D eigenvalue weighted by Crippen LogP contribution is -2.55. The van der Waals surface area contributed by atoms with E-state index in [0.29, 0.717) is 25.7 Å². The van der Waals surface area contributed by atoms with Gasteiger partial charge in [0.2, 0.25) is 11.8 Å². The van der Waals surface area contributed by atoms with E-state index >= 15 is 0 Å². The molecule has 1 aliphatic carbocycles. The molecule has 1 heterocycles. The van der Waals surface area contributed by atoms with Crippen molar-refractivity contribution >= 4 is 11.8 Å². The first-order chi connectivity index (χ1) is 9.13. The first-order valence-corrected chi connectivity index (χ1v) is 6.78. The molecule has 1 aliphatic heterocycles. The van der Waals surface area contributed by atoms with E-state index in [1.165, 1.54) is 6.92 Å². The monoisotopic (exact) mass is 270 g/mol. The van der Waals surface area contributed by atoms with Gasteiger partial charge in [0.25, 0.3) is 0 Å². The van der Waals surface area contributed by atoms with Crippen molar-refractivity contribution in [3.63, 3.8) is 0 Å². The molecule has 0 aromatic rings. The topological polar surface area (TPSA) is 67.9 Å². The van der Waals surface area contributed by atoms with Crippen LogP contribution in [-0.4, -0.2) is 62.3 Å². The molecule has 2 fully saturated rings. The van der Waals surface area contributed by atoms with Crippen molar-refractivity contribution in [3.05, 3.63) is 0 Å². The maximum Gasteiger partial charge on any atom is 0.242 e. The van der Waals surface area contributed by atoms with E-state index in [9.17, 15) is 9.59 Å². The van der Waals surface area contributed by atoms with Crippen molar-refractivity contribution in [1.29, 1.82) is 0 Å². The number of ether oxygens (including phenoxy) is 2. The summed E-state index contributed by atoms with van der Waals surface area (Å²) < 4.78 is 11.0. The molecular formula is C13H22N2O4. The number of carbonyl (C=O) groups excluding carboxylic acids is 2. The predicted molar refractivity (Wildman–Crippen MR) is 68.5 cm³/mol. The summed E-state index contributed by atoms with van der Waals surface area (Å²) in [5.41, 5.74) is 0. The van der Waals surface area contributed by atoms with E-state index < -0.39 is 0 Å². The third-order valence-electron chi connectivity index (χ3n) is 3.91. The average molecular weight is 270 g/mol. The number of rotatable bonds is 4. The van der Waals surface area contributed by atoms with Gasteiger partial charge in [-0.05, 0) is 12.8 Å². The van der Waals surface area contributed by atoms with E-state index in [1.807, 2.05) is 4.90 Å². The van der Waals surface area contributed by atoms with Gasteiger partial charge < -0.3 is 19.7 Å². The highest BCUT2D eigenvalue weighted by atomic mass is 16.5. The molecule has 0 aromatic carbocycles. The molecular weight excluding hydrogens is 248 g/mol. The Morgan fingerprint density at radius 1 is 1.42 bits per heavy atom. The molecule has 2 aliphatic rings. The molecule has 0 radical (unpaired) electrons. The molecule has 1 N–H and O–H groups in total. The Morgan fingerprint density at radius 2 is 2.21 bits per heavy atom. The van der Waals surface area contributed by atoms with Crippen LogP contribution in [0.5, 0.6) is 0 Å². The minimum Gasteiger partial charge on any atom is -0.384 e. The van der Waals surface area contributed by atoms with Crippen LogP contribution in [-0.2, 0) is 19.1 Å². The fourth-order valence-electron chi connectivity index (χ4n) is 3.06. The Labute approximate surface area is 113 Å². The number of hydrogen-bond acceptors (Lipinski definition) is 4. The molecule has 108 valence electrons. The molecule has 0 bridgehead atoms. The van der Waals surface area contributed by atoms with Gasteiger partial charge in [0.05, 0.1) is 31.9 Å². The fourth-order valence-corrected chi connectivity index (χ4v) is 3.06. The van der Waals surface area contributed by atoms with Gasteiger partial charge in [-0.2, -0.15) is 0 Å². The normalized spacial score (nSPS) is 30.0. The van der Waals surface area contributed by atoms with Crippen LogP contribution in [0.15, 0.2) is 0 Å². The lowest BCUT2D eigenvalue weighted by molar-refractivity contribution is -0.146. The fraction of sp³-hybridized carbons (Fsp3) is 0.846. The summed E-state index contributed by atoms with van der Waals surface area (Å²) in [4.78, 5) is 24.9. The van der Waals surface area contributed by atoms with E-state index in [-0.39, 0.29) is 30.5 Å². The Hall–Kier alpha value is -1.14. The van der Waals surface area contributed by atoms with Gasteiger partial charge in [-0.25, -0.2) is 0 Å². The van der Waals surface area contributed by atoms with Gasteiger partial charge in [-0.3, -0.25) is 9.59 Å². The Morgan fingerprint density at radius 3 is 2.89 bits per heavy atom. The van der Waals surface area contributed by atoms with Crippen molar-refractivity contribution in [1.82, 2.24) is 10.2 Å². The standard InChI is InChI=1S/C13H22N2O4/c1-9(16)14-7-12(17)15-5-6-19-13-10(8-18-2)3-4-11(13)15/h10-11,13H,3-8H2,1-2H3,(H,14,16)/t10-,11-,13-/m0/s1. The first kappa shape index (κ1) is 14.3. The summed E-state index contributed by atoms with van der Waals surface area (Å²) in [5.74, 6) is 0.166. The largest absolute Gasteiger partial charge is 0.384 e. The zero-order chi connectivity index (χ0) is 13.8. The predicted octanol–water partition coefficient (Wildman–Crippen LogP) is -0.225. The van der Waals surface area contributed by atoms with E-state index in [4.69, 9.17) is 9.47 Å². The second-order valence-electron chi connectivity index (χ2n) is 5.19. The van der Waals surface area contributed by atoms with Crippen LogP contribution in [0.4, 0.5) is 0 Å². The maximum atomic E-state index is 12.1. The third kappa shape index (κ3) is 3.25. The Balaban J connectivity index is 1.95. The molecule has 6 heteroatoms. The van der Waals surface area contributed by atoms with Crippen molar-refractivity contribution < 1.29 is 19.1 Å². The molecule has 2 rings (SSSR count). The molecule has 2 amide bonds. The van der Waals surface area contributed by atoms with Crippen molar-refractivity contribution in [2.75, 3.05) is 33.4 Å². The third-order valence-corrected chi connectivity index (χ3v) is 3.91. The van der Waals surface area contributed by atoms with Crippen LogP contribution >= 0.6 is 0 Å². The van der Waals surface area contributed by atoms with Crippen LogP contribution in [0.25, 0.3) is 0 Å². The van der Waals surface area contributed by atoms with Crippen LogP contribution in [0.3, 0.4) is 0 Å².